The number of rotatable bonds is 14. The molecule has 22 heavy (non-hydrogen) atoms. The molecule has 0 aliphatic heterocycles. The number of carbonyl (C=O) groups is 1. The van der Waals surface area contributed by atoms with Crippen molar-refractivity contribution < 1.29 is 14.6 Å². The molecule has 0 saturated heterocycles. The van der Waals surface area contributed by atoms with Gasteiger partial charge in [0.1, 0.15) is 0 Å². The van der Waals surface area contributed by atoms with Gasteiger partial charge < -0.3 is 9.84 Å². The molecule has 0 aromatic carbocycles. The highest BCUT2D eigenvalue weighted by molar-refractivity contribution is 7.99. The lowest BCUT2D eigenvalue weighted by Gasteiger charge is -2.09. The van der Waals surface area contributed by atoms with Crippen molar-refractivity contribution >= 4 is 17.7 Å². The van der Waals surface area contributed by atoms with E-state index < -0.39 is 11.4 Å². The minimum atomic E-state index is -0.915. The Morgan fingerprint density at radius 2 is 1.64 bits per heavy atom. The standard InChI is InChI=1S/C18H30O3S/c1-3-4-5-6-7-8-9-10-11-12-13-14-15-16-21-18(22-2)17(19)20/h7-8,10-11,13-14,18H,3-6,9,12,15-16H2,1-2H3,(H,19,20)/b8-7-,11-10-,14-13-. The predicted molar refractivity (Wildman–Crippen MR) is 96.3 cm³/mol. The molecule has 1 atom stereocenters. The zero-order valence-corrected chi connectivity index (χ0v) is 14.7. The number of thioether (sulfide) groups is 1. The van der Waals surface area contributed by atoms with Crippen LogP contribution in [0.25, 0.3) is 0 Å². The molecule has 1 unspecified atom stereocenters. The van der Waals surface area contributed by atoms with Crippen LogP contribution in [0.1, 0.15) is 51.9 Å². The fraction of sp³-hybridized carbons (Fsp3) is 0.611. The summed E-state index contributed by atoms with van der Waals surface area (Å²) in [5.41, 5.74) is -0.752. The van der Waals surface area contributed by atoms with Crippen molar-refractivity contribution in [2.45, 2.75) is 57.3 Å². The van der Waals surface area contributed by atoms with Crippen LogP contribution in [-0.4, -0.2) is 29.4 Å². The van der Waals surface area contributed by atoms with E-state index in [0.29, 0.717) is 6.61 Å². The van der Waals surface area contributed by atoms with Gasteiger partial charge in [0.05, 0.1) is 6.61 Å². The molecular weight excluding hydrogens is 296 g/mol. The summed E-state index contributed by atoms with van der Waals surface area (Å²) in [6.07, 6.45) is 22.4. The van der Waals surface area contributed by atoms with Crippen LogP contribution in [-0.2, 0) is 9.53 Å². The van der Waals surface area contributed by atoms with Crippen LogP contribution in [0.3, 0.4) is 0 Å². The van der Waals surface area contributed by atoms with E-state index >= 15 is 0 Å². The van der Waals surface area contributed by atoms with E-state index in [1.54, 1.807) is 6.26 Å². The zero-order valence-electron chi connectivity index (χ0n) is 13.9. The van der Waals surface area contributed by atoms with Gasteiger partial charge in [0.15, 0.2) is 5.44 Å². The molecule has 0 fully saturated rings. The number of unbranched alkanes of at least 4 members (excludes halogenated alkanes) is 3. The van der Waals surface area contributed by atoms with Gasteiger partial charge in [-0.15, -0.1) is 11.8 Å². The van der Waals surface area contributed by atoms with Crippen LogP contribution in [0, 0.1) is 0 Å². The molecule has 0 amide bonds. The number of allylic oxidation sites excluding steroid dienone is 5. The highest BCUT2D eigenvalue weighted by atomic mass is 32.2. The van der Waals surface area contributed by atoms with E-state index in [2.05, 4.69) is 37.3 Å². The normalized spacial score (nSPS) is 13.5. The lowest BCUT2D eigenvalue weighted by Crippen LogP contribution is -2.20. The van der Waals surface area contributed by atoms with Crippen molar-refractivity contribution in [3.8, 4) is 0 Å². The zero-order chi connectivity index (χ0) is 16.5. The lowest BCUT2D eigenvalue weighted by molar-refractivity contribution is -0.144. The van der Waals surface area contributed by atoms with Crippen LogP contribution in [0.2, 0.25) is 0 Å². The Morgan fingerprint density at radius 1 is 1.05 bits per heavy atom. The molecule has 0 radical (unpaired) electrons. The first-order valence-corrected chi connectivity index (χ1v) is 9.33. The molecule has 0 aliphatic rings. The minimum absolute atomic E-state index is 0.443. The van der Waals surface area contributed by atoms with Gasteiger partial charge in [-0.25, -0.2) is 4.79 Å². The predicted octanol–water partition coefficient (Wildman–Crippen LogP) is 5.20. The molecule has 0 bridgehead atoms. The Kier molecular flexibility index (Phi) is 15.6. The molecule has 0 rings (SSSR count). The Labute approximate surface area is 139 Å². The van der Waals surface area contributed by atoms with Crippen molar-refractivity contribution in [2.75, 3.05) is 12.9 Å². The molecule has 0 spiro atoms. The van der Waals surface area contributed by atoms with Crippen molar-refractivity contribution in [1.29, 1.82) is 0 Å². The Bertz CT molecular complexity index is 348. The van der Waals surface area contributed by atoms with Gasteiger partial charge in [0, 0.05) is 0 Å². The summed E-state index contributed by atoms with van der Waals surface area (Å²) in [5.74, 6) is -0.915. The van der Waals surface area contributed by atoms with Crippen LogP contribution in [0.15, 0.2) is 36.5 Å². The topological polar surface area (TPSA) is 46.5 Å². The molecule has 0 saturated carbocycles. The summed E-state index contributed by atoms with van der Waals surface area (Å²) in [4.78, 5) is 10.7. The van der Waals surface area contributed by atoms with Gasteiger partial charge in [-0.05, 0) is 38.4 Å². The maximum Gasteiger partial charge on any atom is 0.343 e. The number of carboxylic acids is 1. The Hall–Kier alpha value is -1.00. The first kappa shape index (κ1) is 21.0. The van der Waals surface area contributed by atoms with Crippen LogP contribution >= 0.6 is 11.8 Å². The third kappa shape index (κ3) is 14.0. The second kappa shape index (κ2) is 16.4. The molecule has 1 N–H and O–H groups in total. The average Bonchev–Trinajstić information content (AvgIpc) is 2.51. The molecule has 0 aromatic rings. The average molecular weight is 327 g/mol. The minimum Gasteiger partial charge on any atom is -0.479 e. The van der Waals surface area contributed by atoms with E-state index in [1.807, 2.05) is 6.08 Å². The highest BCUT2D eigenvalue weighted by Crippen LogP contribution is 2.08. The number of aliphatic carboxylic acids is 1. The second-order valence-electron chi connectivity index (χ2n) is 4.95. The summed E-state index contributed by atoms with van der Waals surface area (Å²) < 4.78 is 5.24. The molecule has 0 heterocycles. The third-order valence-corrected chi connectivity index (χ3v) is 3.75. The number of carboxylic acid groups (broad SMARTS) is 1. The summed E-state index contributed by atoms with van der Waals surface area (Å²) in [5, 5.41) is 8.80. The van der Waals surface area contributed by atoms with Gasteiger partial charge in [-0.2, -0.15) is 0 Å². The quantitative estimate of drug-likeness (QED) is 0.271. The van der Waals surface area contributed by atoms with Crippen LogP contribution in [0.4, 0.5) is 0 Å². The molecule has 0 aromatic heterocycles. The monoisotopic (exact) mass is 326 g/mol. The summed E-state index contributed by atoms with van der Waals surface area (Å²) in [6, 6.07) is 0. The van der Waals surface area contributed by atoms with Gasteiger partial charge in [0.25, 0.3) is 0 Å². The summed E-state index contributed by atoms with van der Waals surface area (Å²) in [6.45, 7) is 2.66. The van der Waals surface area contributed by atoms with E-state index in [4.69, 9.17) is 9.84 Å². The highest BCUT2D eigenvalue weighted by Gasteiger charge is 2.14. The number of hydrogen-bond donors (Lipinski definition) is 1. The Balaban J connectivity index is 3.50. The van der Waals surface area contributed by atoms with Crippen molar-refractivity contribution in [2.24, 2.45) is 0 Å². The van der Waals surface area contributed by atoms with Crippen LogP contribution in [0.5, 0.6) is 0 Å². The third-order valence-electron chi connectivity index (χ3n) is 2.99. The maximum absolute atomic E-state index is 10.7. The fourth-order valence-corrected chi connectivity index (χ4v) is 2.21. The molecule has 126 valence electrons. The fourth-order valence-electron chi connectivity index (χ4n) is 1.77. The first-order valence-electron chi connectivity index (χ1n) is 8.04. The van der Waals surface area contributed by atoms with Gasteiger partial charge in [-0.3, -0.25) is 0 Å². The van der Waals surface area contributed by atoms with E-state index in [0.717, 1.165) is 19.3 Å². The molecule has 3 nitrogen and oxygen atoms in total. The van der Waals surface area contributed by atoms with Crippen molar-refractivity contribution in [3.05, 3.63) is 36.5 Å². The van der Waals surface area contributed by atoms with Gasteiger partial charge in [0.2, 0.25) is 0 Å². The summed E-state index contributed by atoms with van der Waals surface area (Å²) >= 11 is 1.20. The smallest absolute Gasteiger partial charge is 0.343 e. The van der Waals surface area contributed by atoms with Gasteiger partial charge in [-0.1, -0.05) is 56.2 Å². The van der Waals surface area contributed by atoms with Gasteiger partial charge >= 0.3 is 5.97 Å². The lowest BCUT2D eigenvalue weighted by atomic mass is 10.2. The van der Waals surface area contributed by atoms with E-state index in [-0.39, 0.29) is 0 Å². The van der Waals surface area contributed by atoms with E-state index in [1.165, 1.54) is 37.4 Å². The molecule has 4 heteroatoms. The van der Waals surface area contributed by atoms with Crippen LogP contribution < -0.4 is 0 Å². The molecular formula is C18H30O3S. The first-order chi connectivity index (χ1) is 10.7. The SMILES string of the molecule is CCCCC/C=C\C/C=C\C/C=C\CCOC(SC)C(=O)O. The number of ether oxygens (including phenoxy) is 1. The van der Waals surface area contributed by atoms with Crippen molar-refractivity contribution in [1.82, 2.24) is 0 Å². The Morgan fingerprint density at radius 3 is 2.18 bits per heavy atom. The van der Waals surface area contributed by atoms with Crippen molar-refractivity contribution in [3.63, 3.8) is 0 Å². The van der Waals surface area contributed by atoms with E-state index in [9.17, 15) is 4.79 Å². The summed E-state index contributed by atoms with van der Waals surface area (Å²) in [7, 11) is 0. The number of hydrogen-bond acceptors (Lipinski definition) is 3. The largest absolute Gasteiger partial charge is 0.479 e. The molecule has 0 aliphatic carbocycles. The second-order valence-corrected chi connectivity index (χ2v) is 5.85. The maximum atomic E-state index is 10.7.